The Morgan fingerprint density at radius 3 is 2.78 bits per heavy atom. The number of carbonyl (C=O) groups excluding carboxylic acids is 1. The third-order valence-corrected chi connectivity index (χ3v) is 6.10. The van der Waals surface area contributed by atoms with Gasteiger partial charge in [-0.2, -0.15) is 5.26 Å². The molecule has 4 aromatic heterocycles. The summed E-state index contributed by atoms with van der Waals surface area (Å²) in [6.45, 7) is 2.89. The van der Waals surface area contributed by atoms with E-state index in [9.17, 15) is 14.4 Å². The molecule has 0 radical (unpaired) electrons. The average Bonchev–Trinajstić information content (AvgIpc) is 3.52. The van der Waals surface area contributed by atoms with Gasteiger partial charge in [0, 0.05) is 42.6 Å². The van der Waals surface area contributed by atoms with Crippen LogP contribution in [0, 0.1) is 18.3 Å². The fraction of sp³-hybridized carbons (Fsp3) is 0.269. The van der Waals surface area contributed by atoms with Crippen LogP contribution in [0.4, 0.5) is 21.8 Å². The maximum absolute atomic E-state index is 13.6. The van der Waals surface area contributed by atoms with E-state index in [1.807, 2.05) is 13.0 Å². The quantitative estimate of drug-likeness (QED) is 0.390. The zero-order chi connectivity index (χ0) is 25.8. The van der Waals surface area contributed by atoms with Crippen molar-refractivity contribution in [2.45, 2.75) is 32.5 Å². The summed E-state index contributed by atoms with van der Waals surface area (Å²) in [5, 5.41) is 12.7. The summed E-state index contributed by atoms with van der Waals surface area (Å²) in [5.74, 6) is 1.67. The predicted molar refractivity (Wildman–Crippen MR) is 135 cm³/mol. The first-order valence-corrected chi connectivity index (χ1v) is 11.8. The lowest BCUT2D eigenvalue weighted by molar-refractivity contribution is -0.119. The molecule has 1 aliphatic rings. The Balaban J connectivity index is 1.25. The van der Waals surface area contributed by atoms with Gasteiger partial charge < -0.3 is 14.8 Å². The molecule has 1 N–H and O–H groups in total. The molecule has 1 fully saturated rings. The van der Waals surface area contributed by atoms with Crippen LogP contribution in [0.25, 0.3) is 11.3 Å². The molecule has 11 heteroatoms. The third-order valence-electron chi connectivity index (χ3n) is 6.10. The third kappa shape index (κ3) is 5.59. The second-order valence-corrected chi connectivity index (χ2v) is 8.79. The van der Waals surface area contributed by atoms with E-state index in [4.69, 9.17) is 0 Å². The molecular weight excluding hydrogens is 473 g/mol. The first kappa shape index (κ1) is 24.0. The number of halogens is 1. The van der Waals surface area contributed by atoms with Crippen molar-refractivity contribution in [3.8, 4) is 17.3 Å². The summed E-state index contributed by atoms with van der Waals surface area (Å²) in [5.41, 5.74) is 2.94. The number of alkyl halides is 1. The Morgan fingerprint density at radius 1 is 1.19 bits per heavy atom. The van der Waals surface area contributed by atoms with Crippen LogP contribution in [-0.2, 0) is 17.8 Å². The fourth-order valence-corrected chi connectivity index (χ4v) is 4.17. The number of nitrogens with zero attached hydrogens (tertiary/aromatic N) is 8. The highest BCUT2D eigenvalue weighted by molar-refractivity contribution is 5.80. The summed E-state index contributed by atoms with van der Waals surface area (Å²) in [4.78, 5) is 35.9. The minimum atomic E-state index is -0.904. The molecule has 5 rings (SSSR count). The van der Waals surface area contributed by atoms with Crippen molar-refractivity contribution in [3.05, 3.63) is 72.3 Å². The van der Waals surface area contributed by atoms with Crippen LogP contribution in [0.15, 0.2) is 55.2 Å². The molecule has 4 aromatic rings. The largest absolute Gasteiger partial charge is 0.352 e. The van der Waals surface area contributed by atoms with Crippen molar-refractivity contribution < 1.29 is 9.18 Å². The van der Waals surface area contributed by atoms with Gasteiger partial charge in [0.15, 0.2) is 5.78 Å². The second kappa shape index (κ2) is 10.5. The molecule has 0 bridgehead atoms. The number of nitriles is 1. The van der Waals surface area contributed by atoms with Crippen LogP contribution < -0.4 is 10.2 Å². The van der Waals surface area contributed by atoms with Crippen LogP contribution >= 0.6 is 0 Å². The van der Waals surface area contributed by atoms with Gasteiger partial charge in [-0.25, -0.2) is 24.3 Å². The molecule has 37 heavy (non-hydrogen) atoms. The predicted octanol–water partition coefficient (Wildman–Crippen LogP) is 3.41. The van der Waals surface area contributed by atoms with Crippen molar-refractivity contribution in [1.29, 1.82) is 5.26 Å². The van der Waals surface area contributed by atoms with E-state index in [1.54, 1.807) is 58.7 Å². The number of anilines is 3. The van der Waals surface area contributed by atoms with E-state index in [-0.39, 0.29) is 25.3 Å². The Hall–Kier alpha value is -4.72. The van der Waals surface area contributed by atoms with Crippen LogP contribution in [0.2, 0.25) is 0 Å². The first-order chi connectivity index (χ1) is 18.0. The zero-order valence-corrected chi connectivity index (χ0v) is 20.2. The molecule has 1 saturated heterocycles. The maximum Gasteiger partial charge on any atom is 0.227 e. The minimum Gasteiger partial charge on any atom is -0.352 e. The minimum absolute atomic E-state index is 0.0379. The Morgan fingerprint density at radius 2 is 2.08 bits per heavy atom. The van der Waals surface area contributed by atoms with E-state index >= 15 is 0 Å². The van der Waals surface area contributed by atoms with Crippen LogP contribution in [0.3, 0.4) is 0 Å². The van der Waals surface area contributed by atoms with E-state index in [1.165, 1.54) is 0 Å². The van der Waals surface area contributed by atoms with E-state index < -0.39 is 6.17 Å². The lowest BCUT2D eigenvalue weighted by Crippen LogP contribution is -2.22. The second-order valence-electron chi connectivity index (χ2n) is 8.79. The number of ketones is 1. The highest BCUT2D eigenvalue weighted by atomic mass is 19.1. The van der Waals surface area contributed by atoms with Gasteiger partial charge in [-0.3, -0.25) is 9.78 Å². The number of carbonyl (C=O) groups is 1. The van der Waals surface area contributed by atoms with Gasteiger partial charge in [-0.1, -0.05) is 0 Å². The number of aromatic nitrogens is 6. The van der Waals surface area contributed by atoms with Crippen molar-refractivity contribution in [2.75, 3.05) is 23.3 Å². The highest BCUT2D eigenvalue weighted by Gasteiger charge is 2.25. The zero-order valence-electron chi connectivity index (χ0n) is 20.2. The van der Waals surface area contributed by atoms with Crippen LogP contribution in [0.1, 0.15) is 23.5 Å². The fourth-order valence-electron chi connectivity index (χ4n) is 4.17. The molecule has 0 spiro atoms. The topological polar surface area (TPSA) is 126 Å². The van der Waals surface area contributed by atoms with Gasteiger partial charge >= 0.3 is 0 Å². The monoisotopic (exact) mass is 497 g/mol. The number of nitrogens with one attached hydrogen (secondary N) is 1. The molecule has 1 aliphatic heterocycles. The van der Waals surface area contributed by atoms with Crippen molar-refractivity contribution >= 4 is 23.2 Å². The Bertz CT molecular complexity index is 1460. The molecule has 0 saturated carbocycles. The van der Waals surface area contributed by atoms with Gasteiger partial charge in [-0.05, 0) is 37.6 Å². The molecule has 5 heterocycles. The number of imidazole rings is 1. The van der Waals surface area contributed by atoms with Crippen molar-refractivity contribution in [1.82, 2.24) is 29.5 Å². The Labute approximate surface area is 212 Å². The molecule has 0 aromatic carbocycles. The molecule has 0 aliphatic carbocycles. The van der Waals surface area contributed by atoms with Gasteiger partial charge in [0.05, 0.1) is 42.7 Å². The smallest absolute Gasteiger partial charge is 0.227 e. The summed E-state index contributed by atoms with van der Waals surface area (Å²) >= 11 is 0. The number of hydrogen-bond acceptors (Lipinski definition) is 9. The molecule has 1 atom stereocenters. The summed E-state index contributed by atoms with van der Waals surface area (Å²) < 4.78 is 15.4. The van der Waals surface area contributed by atoms with Crippen molar-refractivity contribution in [2.24, 2.45) is 0 Å². The van der Waals surface area contributed by atoms with Gasteiger partial charge in [-0.15, -0.1) is 0 Å². The number of pyridine rings is 2. The van der Waals surface area contributed by atoms with Crippen LogP contribution in [-0.4, -0.2) is 54.5 Å². The average molecular weight is 498 g/mol. The molecular formula is C26H24FN9O. The number of rotatable bonds is 8. The summed E-state index contributed by atoms with van der Waals surface area (Å²) in [6.07, 6.45) is 8.07. The van der Waals surface area contributed by atoms with Crippen LogP contribution in [0.5, 0.6) is 0 Å². The lowest BCUT2D eigenvalue weighted by atomic mass is 10.1. The standard InChI is InChI=1S/C26H24FN9O/c1-17-29-7-9-35(17)16-23(37)11-21-2-3-22(14-31-21)33-26-30-6-4-24(34-26)19-10-18(12-28)25(32-13-19)36-8-5-20(27)15-36/h2-4,6-7,9-10,13-14,20H,5,8,11,15-16H2,1H3,(H,30,33,34)/t20-/m0/s1. The van der Waals surface area contributed by atoms with Gasteiger partial charge in [0.25, 0.3) is 0 Å². The molecule has 0 amide bonds. The number of hydrogen-bond donors (Lipinski definition) is 1. The summed E-state index contributed by atoms with van der Waals surface area (Å²) in [6, 6.07) is 9.19. The van der Waals surface area contributed by atoms with Gasteiger partial charge in [0.2, 0.25) is 5.95 Å². The Kier molecular flexibility index (Phi) is 6.81. The first-order valence-electron chi connectivity index (χ1n) is 11.8. The van der Waals surface area contributed by atoms with E-state index in [0.717, 1.165) is 5.82 Å². The van der Waals surface area contributed by atoms with E-state index in [0.29, 0.717) is 52.9 Å². The normalized spacial score (nSPS) is 14.9. The highest BCUT2D eigenvalue weighted by Crippen LogP contribution is 2.27. The lowest BCUT2D eigenvalue weighted by Gasteiger charge is -2.18. The van der Waals surface area contributed by atoms with E-state index in [2.05, 4.69) is 36.3 Å². The number of Topliss-reactive ketones (excluding diaryl/α,β-unsaturated/α-hetero) is 1. The SMILES string of the molecule is Cc1nccn1CC(=O)Cc1ccc(Nc2nccc(-c3cnc(N4CC[C@H](F)C4)c(C#N)c3)n2)cn1. The van der Waals surface area contributed by atoms with Crippen molar-refractivity contribution in [3.63, 3.8) is 0 Å². The number of aryl methyl sites for hydroxylation is 1. The molecule has 0 unspecified atom stereocenters. The molecule has 10 nitrogen and oxygen atoms in total. The summed E-state index contributed by atoms with van der Waals surface area (Å²) in [7, 11) is 0. The van der Waals surface area contributed by atoms with Gasteiger partial charge in [0.1, 0.15) is 23.9 Å². The maximum atomic E-state index is 13.6. The molecule has 186 valence electrons.